The molecule has 0 aliphatic carbocycles. The summed E-state index contributed by atoms with van der Waals surface area (Å²) in [5, 5.41) is 0. The first-order chi connectivity index (χ1) is 16.3. The third kappa shape index (κ3) is 5.67. The van der Waals surface area contributed by atoms with Crippen molar-refractivity contribution in [3.63, 3.8) is 0 Å². The van der Waals surface area contributed by atoms with Crippen LogP contribution in [0.3, 0.4) is 0 Å². The first kappa shape index (κ1) is 25.1. The Labute approximate surface area is 198 Å². The molecule has 0 unspecified atom stereocenters. The molecule has 0 fully saturated rings. The summed E-state index contributed by atoms with van der Waals surface area (Å²) < 4.78 is 63.6. The second kappa shape index (κ2) is 11.0. The largest absolute Gasteiger partial charge is 0.493 e. The smallest absolute Gasteiger partial charge is 0.240 e. The van der Waals surface area contributed by atoms with Gasteiger partial charge in [0.05, 0.1) is 33.3 Å². The second-order valence-electron chi connectivity index (χ2n) is 7.12. The SMILES string of the molecule is COc1cc(/C=C/c2cc(F)c(OC)c(CNS(=O)(=O)c3ccccc3)c2)cc(OC)c1OC. The fraction of sp³-hybridized carbons (Fsp3) is 0.200. The average Bonchev–Trinajstić information content (AvgIpc) is 2.85. The molecule has 0 spiro atoms. The Bertz CT molecular complexity index is 1250. The Kier molecular flexibility index (Phi) is 8.14. The van der Waals surface area contributed by atoms with E-state index in [9.17, 15) is 12.8 Å². The van der Waals surface area contributed by atoms with Crippen molar-refractivity contribution in [3.8, 4) is 23.0 Å². The third-order valence-electron chi connectivity index (χ3n) is 5.01. The van der Waals surface area contributed by atoms with Gasteiger partial charge in [0.25, 0.3) is 0 Å². The molecule has 0 radical (unpaired) electrons. The summed E-state index contributed by atoms with van der Waals surface area (Å²) in [5.41, 5.74) is 1.60. The molecule has 3 rings (SSSR count). The van der Waals surface area contributed by atoms with Crippen LogP contribution in [0.1, 0.15) is 16.7 Å². The number of hydrogen-bond acceptors (Lipinski definition) is 6. The first-order valence-electron chi connectivity index (χ1n) is 10.2. The Morgan fingerprint density at radius 1 is 0.794 bits per heavy atom. The molecule has 3 aromatic rings. The van der Waals surface area contributed by atoms with Crippen molar-refractivity contribution in [1.29, 1.82) is 0 Å². The standard InChI is InChI=1S/C25H26FNO6S/c1-30-22-14-18(15-23(31-2)25(22)33-4)11-10-17-12-19(24(32-3)21(26)13-17)16-27-34(28,29)20-8-6-5-7-9-20/h5-15,27H,16H2,1-4H3/b11-10+. The lowest BCUT2D eigenvalue weighted by Gasteiger charge is -2.13. The van der Waals surface area contributed by atoms with Gasteiger partial charge in [0.2, 0.25) is 15.8 Å². The van der Waals surface area contributed by atoms with Crippen LogP contribution < -0.4 is 23.7 Å². The van der Waals surface area contributed by atoms with Crippen LogP contribution in [-0.4, -0.2) is 36.9 Å². The van der Waals surface area contributed by atoms with Crippen LogP contribution in [0.15, 0.2) is 59.5 Å². The molecule has 34 heavy (non-hydrogen) atoms. The molecule has 7 nitrogen and oxygen atoms in total. The number of nitrogens with one attached hydrogen (secondary N) is 1. The summed E-state index contributed by atoms with van der Waals surface area (Å²) in [6, 6.07) is 14.4. The zero-order chi connectivity index (χ0) is 24.7. The van der Waals surface area contributed by atoms with Crippen LogP contribution >= 0.6 is 0 Å². The minimum atomic E-state index is -3.77. The minimum absolute atomic E-state index is 0.0271. The minimum Gasteiger partial charge on any atom is -0.493 e. The molecule has 9 heteroatoms. The van der Waals surface area contributed by atoms with E-state index in [0.717, 1.165) is 5.56 Å². The van der Waals surface area contributed by atoms with E-state index in [1.54, 1.807) is 48.6 Å². The lowest BCUT2D eigenvalue weighted by atomic mass is 10.1. The van der Waals surface area contributed by atoms with Crippen molar-refractivity contribution in [1.82, 2.24) is 4.72 Å². The van der Waals surface area contributed by atoms with Gasteiger partial charge in [-0.05, 0) is 47.5 Å². The molecule has 180 valence electrons. The van der Waals surface area contributed by atoms with Gasteiger partial charge in [-0.25, -0.2) is 17.5 Å². The number of hydrogen-bond donors (Lipinski definition) is 1. The fourth-order valence-corrected chi connectivity index (χ4v) is 4.40. The molecule has 0 amide bonds. The first-order valence-corrected chi connectivity index (χ1v) is 11.7. The Balaban J connectivity index is 1.90. The zero-order valence-electron chi connectivity index (χ0n) is 19.3. The Morgan fingerprint density at radius 2 is 1.35 bits per heavy atom. The Hall–Kier alpha value is -3.56. The zero-order valence-corrected chi connectivity index (χ0v) is 20.1. The van der Waals surface area contributed by atoms with Crippen LogP contribution in [-0.2, 0) is 16.6 Å². The third-order valence-corrected chi connectivity index (χ3v) is 6.43. The average molecular weight is 488 g/mol. The summed E-state index contributed by atoms with van der Waals surface area (Å²) in [5.74, 6) is 0.798. The molecule has 0 aromatic heterocycles. The maximum absolute atomic E-state index is 14.7. The number of ether oxygens (including phenoxy) is 4. The summed E-state index contributed by atoms with van der Waals surface area (Å²) in [4.78, 5) is 0.118. The van der Waals surface area contributed by atoms with Gasteiger partial charge in [0.15, 0.2) is 23.1 Å². The quantitative estimate of drug-likeness (QED) is 0.424. The van der Waals surface area contributed by atoms with E-state index in [4.69, 9.17) is 18.9 Å². The lowest BCUT2D eigenvalue weighted by molar-refractivity contribution is 0.324. The van der Waals surface area contributed by atoms with E-state index >= 15 is 0 Å². The highest BCUT2D eigenvalue weighted by atomic mass is 32.2. The van der Waals surface area contributed by atoms with Crippen molar-refractivity contribution in [3.05, 3.63) is 77.1 Å². The number of rotatable bonds is 10. The van der Waals surface area contributed by atoms with Gasteiger partial charge in [-0.3, -0.25) is 0 Å². The molecular weight excluding hydrogens is 461 g/mol. The summed E-state index contributed by atoms with van der Waals surface area (Å²) in [6.45, 7) is -0.150. The van der Waals surface area contributed by atoms with Crippen LogP contribution in [0.4, 0.5) is 4.39 Å². The van der Waals surface area contributed by atoms with Gasteiger partial charge >= 0.3 is 0 Å². The highest BCUT2D eigenvalue weighted by Gasteiger charge is 2.17. The fourth-order valence-electron chi connectivity index (χ4n) is 3.38. The van der Waals surface area contributed by atoms with E-state index in [1.807, 2.05) is 0 Å². The monoisotopic (exact) mass is 487 g/mol. The molecule has 0 bridgehead atoms. The topological polar surface area (TPSA) is 83.1 Å². The van der Waals surface area contributed by atoms with Gasteiger partial charge in [-0.1, -0.05) is 30.4 Å². The maximum atomic E-state index is 14.7. The second-order valence-corrected chi connectivity index (χ2v) is 8.89. The van der Waals surface area contributed by atoms with Crippen LogP contribution in [0, 0.1) is 5.82 Å². The lowest BCUT2D eigenvalue weighted by Crippen LogP contribution is -2.23. The van der Waals surface area contributed by atoms with Crippen LogP contribution in [0.2, 0.25) is 0 Å². The van der Waals surface area contributed by atoms with Gasteiger partial charge in [0, 0.05) is 12.1 Å². The van der Waals surface area contributed by atoms with Crippen molar-refractivity contribution < 1.29 is 31.8 Å². The molecule has 0 aliphatic heterocycles. The van der Waals surface area contributed by atoms with Crippen LogP contribution in [0.5, 0.6) is 23.0 Å². The maximum Gasteiger partial charge on any atom is 0.240 e. The summed E-state index contributed by atoms with van der Waals surface area (Å²) in [6.07, 6.45) is 3.45. The number of sulfonamides is 1. The Morgan fingerprint density at radius 3 is 1.88 bits per heavy atom. The number of halogens is 1. The molecule has 0 atom stereocenters. The molecule has 0 saturated heterocycles. The predicted molar refractivity (Wildman–Crippen MR) is 128 cm³/mol. The molecule has 1 N–H and O–H groups in total. The van der Waals surface area contributed by atoms with Crippen molar-refractivity contribution in [2.45, 2.75) is 11.4 Å². The van der Waals surface area contributed by atoms with E-state index in [-0.39, 0.29) is 17.2 Å². The van der Waals surface area contributed by atoms with E-state index in [2.05, 4.69) is 4.72 Å². The molecule has 0 aliphatic rings. The van der Waals surface area contributed by atoms with Gasteiger partial charge in [-0.2, -0.15) is 0 Å². The van der Waals surface area contributed by atoms with E-state index in [0.29, 0.717) is 28.4 Å². The van der Waals surface area contributed by atoms with Crippen molar-refractivity contribution in [2.75, 3.05) is 28.4 Å². The van der Waals surface area contributed by atoms with Crippen molar-refractivity contribution >= 4 is 22.2 Å². The number of benzene rings is 3. The molecule has 0 heterocycles. The van der Waals surface area contributed by atoms with Crippen LogP contribution in [0.25, 0.3) is 12.2 Å². The van der Waals surface area contributed by atoms with E-state index < -0.39 is 15.8 Å². The molecule has 3 aromatic carbocycles. The summed E-state index contributed by atoms with van der Waals surface area (Å²) >= 11 is 0. The molecular formula is C25H26FNO6S. The number of methoxy groups -OCH3 is 4. The highest BCUT2D eigenvalue weighted by Crippen LogP contribution is 2.38. The molecule has 0 saturated carbocycles. The van der Waals surface area contributed by atoms with Gasteiger partial charge < -0.3 is 18.9 Å². The van der Waals surface area contributed by atoms with Gasteiger partial charge in [-0.15, -0.1) is 0 Å². The van der Waals surface area contributed by atoms with Crippen molar-refractivity contribution in [2.24, 2.45) is 0 Å². The normalized spacial score (nSPS) is 11.4. The van der Waals surface area contributed by atoms with Gasteiger partial charge in [0.1, 0.15) is 0 Å². The highest BCUT2D eigenvalue weighted by molar-refractivity contribution is 7.89. The summed E-state index contributed by atoms with van der Waals surface area (Å²) in [7, 11) is 2.12. The van der Waals surface area contributed by atoms with E-state index in [1.165, 1.54) is 46.6 Å². The predicted octanol–water partition coefficient (Wildman–Crippen LogP) is 4.51.